The zero-order chi connectivity index (χ0) is 28.3. The first kappa shape index (κ1) is 26.6. The smallest absolute Gasteiger partial charge is 0.151 e. The van der Waals surface area contributed by atoms with Crippen LogP contribution in [0.2, 0.25) is 0 Å². The van der Waals surface area contributed by atoms with E-state index in [2.05, 4.69) is 10.1 Å². The summed E-state index contributed by atoms with van der Waals surface area (Å²) in [6.45, 7) is 4.79. The molecule has 4 aromatic rings. The van der Waals surface area contributed by atoms with Crippen LogP contribution in [-0.2, 0) is 23.6 Å². The molecule has 3 aliphatic carbocycles. The average molecular weight is 574 g/mol. The molecule has 7 nitrogen and oxygen atoms in total. The van der Waals surface area contributed by atoms with Gasteiger partial charge in [-0.15, -0.1) is 11.3 Å². The first-order chi connectivity index (χ1) is 19.8. The van der Waals surface area contributed by atoms with Gasteiger partial charge < -0.3 is 19.1 Å². The number of nitrogens with zero attached hydrogens (tertiary/aromatic N) is 3. The number of benzene rings is 2. The summed E-state index contributed by atoms with van der Waals surface area (Å²) in [6, 6.07) is 11.0. The molecule has 0 amide bonds. The van der Waals surface area contributed by atoms with E-state index < -0.39 is 11.4 Å². The molecule has 0 saturated heterocycles. The molecule has 4 atom stereocenters. The third-order valence-corrected chi connectivity index (χ3v) is 10.3. The first-order valence-corrected chi connectivity index (χ1v) is 15.2. The van der Waals surface area contributed by atoms with Crippen LogP contribution in [0, 0.1) is 42.8 Å². The number of thiazole rings is 1. The van der Waals surface area contributed by atoms with Gasteiger partial charge >= 0.3 is 0 Å². The Labute approximate surface area is 241 Å². The Kier molecular flexibility index (Phi) is 6.61. The van der Waals surface area contributed by atoms with Crippen molar-refractivity contribution in [3.63, 3.8) is 0 Å². The van der Waals surface area contributed by atoms with E-state index in [0.29, 0.717) is 41.7 Å². The summed E-state index contributed by atoms with van der Waals surface area (Å²) in [7, 11) is 0. The fraction of sp³-hybridized carbons (Fsp3) is 0.469. The number of ether oxygens (including phenoxy) is 2. The van der Waals surface area contributed by atoms with Gasteiger partial charge in [0.2, 0.25) is 0 Å². The number of nitriles is 1. The predicted octanol–water partition coefficient (Wildman–Crippen LogP) is 6.96. The van der Waals surface area contributed by atoms with Crippen LogP contribution in [0.1, 0.15) is 83.2 Å². The van der Waals surface area contributed by atoms with Gasteiger partial charge in [0.05, 0.1) is 29.0 Å². The van der Waals surface area contributed by atoms with Crippen molar-refractivity contribution in [1.29, 1.82) is 5.26 Å². The largest absolute Gasteiger partial charge is 0.487 e. The molecule has 0 aliphatic heterocycles. The van der Waals surface area contributed by atoms with Gasteiger partial charge in [0.25, 0.3) is 0 Å². The van der Waals surface area contributed by atoms with E-state index in [4.69, 9.17) is 14.0 Å². The minimum atomic E-state index is -1.11. The van der Waals surface area contributed by atoms with Crippen molar-refractivity contribution in [3.8, 4) is 11.8 Å². The third kappa shape index (κ3) is 4.62. The number of aliphatic hydroxyl groups is 1. The van der Waals surface area contributed by atoms with Gasteiger partial charge in [0.15, 0.2) is 5.82 Å². The molecule has 41 heavy (non-hydrogen) atoms. The lowest BCUT2D eigenvalue weighted by Crippen LogP contribution is -2.44. The topological polar surface area (TPSA) is 101 Å². The highest BCUT2D eigenvalue weighted by Gasteiger charge is 2.56. The second kappa shape index (κ2) is 10.2. The summed E-state index contributed by atoms with van der Waals surface area (Å²) in [5.74, 6) is 1.60. The van der Waals surface area contributed by atoms with Gasteiger partial charge in [-0.1, -0.05) is 23.4 Å². The number of aryl methyl sites for hydroxylation is 2. The van der Waals surface area contributed by atoms with Gasteiger partial charge in [-0.3, -0.25) is 0 Å². The Hall–Kier alpha value is -3.32. The van der Waals surface area contributed by atoms with Crippen molar-refractivity contribution in [1.82, 2.24) is 10.1 Å². The second-order valence-electron chi connectivity index (χ2n) is 11.9. The Morgan fingerprint density at radius 3 is 2.54 bits per heavy atom. The highest BCUT2D eigenvalue weighted by Crippen LogP contribution is 2.57. The van der Waals surface area contributed by atoms with Crippen LogP contribution in [0.3, 0.4) is 0 Å². The Bertz CT molecular complexity index is 1640. The highest BCUT2D eigenvalue weighted by molar-refractivity contribution is 7.18. The molecule has 3 aliphatic rings. The minimum absolute atomic E-state index is 0.0154. The fourth-order valence-corrected chi connectivity index (χ4v) is 8.14. The normalized spacial score (nSPS) is 25.5. The van der Waals surface area contributed by atoms with Crippen molar-refractivity contribution >= 4 is 21.6 Å². The Morgan fingerprint density at radius 1 is 1.12 bits per heavy atom. The van der Waals surface area contributed by atoms with Crippen molar-refractivity contribution in [2.45, 2.75) is 83.2 Å². The molecule has 3 fully saturated rings. The molecule has 2 bridgehead atoms. The van der Waals surface area contributed by atoms with E-state index in [0.717, 1.165) is 59.6 Å². The van der Waals surface area contributed by atoms with Crippen molar-refractivity contribution in [2.24, 2.45) is 11.8 Å². The predicted molar refractivity (Wildman–Crippen MR) is 151 cm³/mol. The standard InChI is InChI=1S/C32H32FN3O4S/c1-17-4-3-5-18(2)29(17)39-16-26-24(30(40-36-26)20-6-7-20)15-38-23-12-21-8-9-22(13-23)32(21,37)31-35-28-25(33)10-19(14-34)11-27(28)41-31/h3-5,10-11,20-23,37H,6-9,12-13,15-16H2,1-2H3/t21-,22+,23-,32+. The number of aromatic nitrogens is 2. The van der Waals surface area contributed by atoms with E-state index in [-0.39, 0.29) is 29.0 Å². The van der Waals surface area contributed by atoms with Crippen LogP contribution in [-0.4, -0.2) is 21.4 Å². The van der Waals surface area contributed by atoms with Gasteiger partial charge in [-0.2, -0.15) is 5.26 Å². The molecule has 2 heterocycles. The van der Waals surface area contributed by atoms with Crippen molar-refractivity contribution in [2.75, 3.05) is 0 Å². The van der Waals surface area contributed by atoms with Crippen LogP contribution in [0.4, 0.5) is 4.39 Å². The quantitative estimate of drug-likeness (QED) is 0.243. The summed E-state index contributed by atoms with van der Waals surface area (Å²) in [5, 5.41) is 26.1. The molecule has 0 spiro atoms. The molecule has 2 aromatic carbocycles. The number of para-hydroxylation sites is 1. The molecule has 212 valence electrons. The van der Waals surface area contributed by atoms with Gasteiger partial charge in [-0.25, -0.2) is 9.37 Å². The van der Waals surface area contributed by atoms with E-state index >= 15 is 0 Å². The van der Waals surface area contributed by atoms with E-state index in [1.807, 2.05) is 38.1 Å². The summed E-state index contributed by atoms with van der Waals surface area (Å²) in [4.78, 5) is 4.55. The Balaban J connectivity index is 1.07. The molecule has 3 saturated carbocycles. The van der Waals surface area contributed by atoms with Crippen molar-refractivity contribution in [3.05, 3.63) is 74.9 Å². The maximum Gasteiger partial charge on any atom is 0.151 e. The summed E-state index contributed by atoms with van der Waals surface area (Å²) in [5.41, 5.74) is 3.31. The van der Waals surface area contributed by atoms with Crippen LogP contribution < -0.4 is 4.74 Å². The Morgan fingerprint density at radius 2 is 1.85 bits per heavy atom. The van der Waals surface area contributed by atoms with Crippen LogP contribution >= 0.6 is 11.3 Å². The third-order valence-electron chi connectivity index (χ3n) is 9.20. The van der Waals surface area contributed by atoms with Crippen LogP contribution in [0.25, 0.3) is 10.2 Å². The second-order valence-corrected chi connectivity index (χ2v) is 12.9. The summed E-state index contributed by atoms with van der Waals surface area (Å²) < 4.78 is 33.8. The van der Waals surface area contributed by atoms with Crippen LogP contribution in [0.15, 0.2) is 34.9 Å². The molecular formula is C32H32FN3O4S. The highest BCUT2D eigenvalue weighted by atomic mass is 32.1. The SMILES string of the molecule is Cc1cccc(C)c1OCc1noc(C2CC2)c1CO[C@@H]1C[C@H]2CC[C@@H](C1)[C@]2(O)c1nc2c(F)cc(C#N)cc2s1. The molecule has 0 unspecified atom stereocenters. The summed E-state index contributed by atoms with van der Waals surface area (Å²) in [6.07, 6.45) is 5.33. The van der Waals surface area contributed by atoms with Crippen molar-refractivity contribution < 1.29 is 23.5 Å². The number of fused-ring (bicyclic) bond motifs is 3. The molecular weight excluding hydrogens is 541 g/mol. The van der Waals surface area contributed by atoms with Gasteiger partial charge in [-0.05, 0) is 87.5 Å². The molecule has 9 heteroatoms. The van der Waals surface area contributed by atoms with Gasteiger partial charge in [0, 0.05) is 11.5 Å². The zero-order valence-electron chi connectivity index (χ0n) is 23.2. The monoisotopic (exact) mass is 573 g/mol. The number of rotatable bonds is 8. The number of hydrogen-bond acceptors (Lipinski definition) is 8. The number of halogens is 1. The first-order valence-electron chi connectivity index (χ1n) is 14.4. The van der Waals surface area contributed by atoms with E-state index in [9.17, 15) is 14.8 Å². The lowest BCUT2D eigenvalue weighted by molar-refractivity contribution is -0.116. The number of hydrogen-bond donors (Lipinski definition) is 1. The maximum atomic E-state index is 14.6. The van der Waals surface area contributed by atoms with E-state index in [1.165, 1.54) is 17.4 Å². The van der Waals surface area contributed by atoms with Gasteiger partial charge in [0.1, 0.15) is 39.9 Å². The minimum Gasteiger partial charge on any atom is -0.487 e. The lowest BCUT2D eigenvalue weighted by atomic mass is 9.73. The average Bonchev–Trinajstić information content (AvgIpc) is 3.54. The zero-order valence-corrected chi connectivity index (χ0v) is 24.0. The molecule has 7 rings (SSSR count). The summed E-state index contributed by atoms with van der Waals surface area (Å²) >= 11 is 1.30. The molecule has 0 radical (unpaired) electrons. The molecule has 2 aromatic heterocycles. The molecule has 1 N–H and O–H groups in total. The maximum absolute atomic E-state index is 14.6. The van der Waals surface area contributed by atoms with Crippen LogP contribution in [0.5, 0.6) is 5.75 Å². The van der Waals surface area contributed by atoms with E-state index in [1.54, 1.807) is 6.07 Å². The fourth-order valence-electron chi connectivity index (χ4n) is 6.87. The lowest BCUT2D eigenvalue weighted by Gasteiger charge is -2.41.